The van der Waals surface area contributed by atoms with E-state index in [9.17, 15) is 0 Å². The average Bonchev–Trinajstić information content (AvgIpc) is 2.17. The Hall–Kier alpha value is -0.710. The summed E-state index contributed by atoms with van der Waals surface area (Å²) < 4.78 is 0. The van der Waals surface area contributed by atoms with Crippen molar-refractivity contribution in [1.29, 1.82) is 0 Å². The number of H-pyrrole nitrogens is 1. The van der Waals surface area contributed by atoms with Crippen molar-refractivity contribution >= 4 is 17.7 Å². The third-order valence-corrected chi connectivity index (χ3v) is 1.49. The molecule has 5 heteroatoms. The molecule has 0 atom stereocenters. The number of rotatable bonds is 2. The number of aromatic amines is 1. The van der Waals surface area contributed by atoms with E-state index in [0.717, 1.165) is 10.9 Å². The Bertz CT molecular complexity index is 184. The Morgan fingerprint density at radius 3 is 3.00 bits per heavy atom. The molecule has 1 rings (SSSR count). The Kier molecular flexibility index (Phi) is 1.94. The molecule has 1 aromatic heterocycles. The van der Waals surface area contributed by atoms with Gasteiger partial charge in [0.1, 0.15) is 0 Å². The lowest BCUT2D eigenvalue weighted by Gasteiger charge is -1.83. The van der Waals surface area contributed by atoms with Crippen molar-refractivity contribution in [2.45, 2.75) is 12.1 Å². The lowest BCUT2D eigenvalue weighted by atomic mass is 11.0. The highest BCUT2D eigenvalue weighted by molar-refractivity contribution is 7.99. The molecule has 0 aromatic carbocycles. The van der Waals surface area contributed by atoms with E-state index in [-0.39, 0.29) is 0 Å². The van der Waals surface area contributed by atoms with Crippen molar-refractivity contribution in [2.75, 3.05) is 11.5 Å². The Labute approximate surface area is 57.2 Å². The van der Waals surface area contributed by atoms with Crippen LogP contribution >= 0.6 is 11.8 Å². The van der Waals surface area contributed by atoms with Gasteiger partial charge in [0.05, 0.1) is 0 Å². The molecule has 0 saturated heterocycles. The molecular weight excluding hydrogens is 136 g/mol. The summed E-state index contributed by atoms with van der Waals surface area (Å²) in [4.78, 5) is 3.87. The first-order valence-corrected chi connectivity index (χ1v) is 3.62. The van der Waals surface area contributed by atoms with E-state index in [1.165, 1.54) is 0 Å². The van der Waals surface area contributed by atoms with E-state index >= 15 is 0 Å². The number of anilines is 1. The molecule has 0 bridgehead atoms. The lowest BCUT2D eigenvalue weighted by Crippen LogP contribution is -1.84. The quantitative estimate of drug-likeness (QED) is 0.593. The van der Waals surface area contributed by atoms with Gasteiger partial charge in [0.25, 0.3) is 0 Å². The van der Waals surface area contributed by atoms with Crippen molar-refractivity contribution < 1.29 is 0 Å². The molecule has 0 fully saturated rings. The smallest absolute Gasteiger partial charge is 0.216 e. The molecule has 1 aromatic rings. The molecule has 50 valence electrons. The van der Waals surface area contributed by atoms with Gasteiger partial charge in [-0.2, -0.15) is 4.98 Å². The molecule has 1 heterocycles. The normalized spacial score (nSPS) is 9.89. The largest absolute Gasteiger partial charge is 0.368 e. The number of thioether (sulfide) groups is 1. The fraction of sp³-hybridized carbons (Fsp3) is 0.500. The highest BCUT2D eigenvalue weighted by Crippen LogP contribution is 2.10. The Balaban J connectivity index is 2.61. The second-order valence-corrected chi connectivity index (χ2v) is 2.67. The first-order valence-electron chi connectivity index (χ1n) is 2.63. The van der Waals surface area contributed by atoms with Crippen molar-refractivity contribution in [3.63, 3.8) is 0 Å². The molecule has 0 spiro atoms. The number of nitrogen functional groups attached to an aromatic ring is 1. The van der Waals surface area contributed by atoms with Crippen LogP contribution in [-0.4, -0.2) is 20.9 Å². The Morgan fingerprint density at radius 1 is 1.78 bits per heavy atom. The SMILES string of the molecule is CCSc1n[nH]c(N)n1. The third kappa shape index (κ3) is 1.60. The van der Waals surface area contributed by atoms with Gasteiger partial charge in [0.2, 0.25) is 11.1 Å². The molecule has 0 radical (unpaired) electrons. The van der Waals surface area contributed by atoms with Gasteiger partial charge >= 0.3 is 0 Å². The third-order valence-electron chi connectivity index (χ3n) is 0.756. The van der Waals surface area contributed by atoms with Crippen LogP contribution in [0.2, 0.25) is 0 Å². The van der Waals surface area contributed by atoms with Crippen LogP contribution in [0.15, 0.2) is 5.16 Å². The highest BCUT2D eigenvalue weighted by atomic mass is 32.2. The summed E-state index contributed by atoms with van der Waals surface area (Å²) in [7, 11) is 0. The minimum atomic E-state index is 0.381. The summed E-state index contributed by atoms with van der Waals surface area (Å²) in [5, 5.41) is 7.07. The minimum Gasteiger partial charge on any atom is -0.368 e. The molecular formula is C4H8N4S. The summed E-state index contributed by atoms with van der Waals surface area (Å²) in [6.45, 7) is 2.04. The fourth-order valence-corrected chi connectivity index (χ4v) is 0.983. The zero-order chi connectivity index (χ0) is 6.69. The first-order chi connectivity index (χ1) is 4.33. The average molecular weight is 144 g/mol. The molecule has 0 aliphatic rings. The van der Waals surface area contributed by atoms with Gasteiger partial charge in [0.15, 0.2) is 0 Å². The van der Waals surface area contributed by atoms with E-state index in [2.05, 4.69) is 15.2 Å². The van der Waals surface area contributed by atoms with Crippen molar-refractivity contribution in [1.82, 2.24) is 15.2 Å². The molecule has 0 aliphatic carbocycles. The summed E-state index contributed by atoms with van der Waals surface area (Å²) in [5.41, 5.74) is 5.27. The number of hydrogen-bond donors (Lipinski definition) is 2. The zero-order valence-corrected chi connectivity index (χ0v) is 5.90. The highest BCUT2D eigenvalue weighted by Gasteiger charge is 1.96. The monoisotopic (exact) mass is 144 g/mol. The van der Waals surface area contributed by atoms with Crippen LogP contribution < -0.4 is 5.73 Å². The van der Waals surface area contributed by atoms with E-state index in [1.807, 2.05) is 6.92 Å². The van der Waals surface area contributed by atoms with Crippen molar-refractivity contribution in [3.8, 4) is 0 Å². The van der Waals surface area contributed by atoms with Crippen LogP contribution in [0.5, 0.6) is 0 Å². The van der Waals surface area contributed by atoms with Crippen molar-refractivity contribution in [2.24, 2.45) is 0 Å². The number of nitrogens with zero attached hydrogens (tertiary/aromatic N) is 2. The number of nitrogens with two attached hydrogens (primary N) is 1. The molecule has 0 saturated carbocycles. The molecule has 3 N–H and O–H groups in total. The standard InChI is InChI=1S/C4H8N4S/c1-2-9-4-6-3(5)7-8-4/h2H2,1H3,(H3,5,6,7,8). The summed E-state index contributed by atoms with van der Waals surface area (Å²) in [6.07, 6.45) is 0. The predicted octanol–water partition coefficient (Wildman–Crippen LogP) is 0.499. The second kappa shape index (κ2) is 2.72. The summed E-state index contributed by atoms with van der Waals surface area (Å²) in [5.74, 6) is 1.35. The van der Waals surface area contributed by atoms with Gasteiger partial charge in [-0.15, -0.1) is 5.10 Å². The Morgan fingerprint density at radius 2 is 2.56 bits per heavy atom. The van der Waals surface area contributed by atoms with Gasteiger partial charge < -0.3 is 5.73 Å². The van der Waals surface area contributed by atoms with Gasteiger partial charge in [0, 0.05) is 0 Å². The number of aromatic nitrogens is 3. The minimum absolute atomic E-state index is 0.381. The molecule has 0 unspecified atom stereocenters. The van der Waals surface area contributed by atoms with E-state index in [0.29, 0.717) is 5.95 Å². The summed E-state index contributed by atoms with van der Waals surface area (Å²) >= 11 is 1.56. The van der Waals surface area contributed by atoms with E-state index in [1.54, 1.807) is 11.8 Å². The van der Waals surface area contributed by atoms with Crippen LogP contribution in [0.4, 0.5) is 5.95 Å². The molecule has 9 heavy (non-hydrogen) atoms. The molecule has 0 aliphatic heterocycles. The van der Waals surface area contributed by atoms with Gasteiger partial charge in [-0.3, -0.25) is 0 Å². The first kappa shape index (κ1) is 6.41. The fourth-order valence-electron chi connectivity index (χ4n) is 0.452. The van der Waals surface area contributed by atoms with Gasteiger partial charge in [-0.05, 0) is 5.75 Å². The zero-order valence-electron chi connectivity index (χ0n) is 5.09. The predicted molar refractivity (Wildman–Crippen MR) is 37.2 cm³/mol. The maximum absolute atomic E-state index is 5.27. The maximum atomic E-state index is 5.27. The van der Waals surface area contributed by atoms with Crippen LogP contribution in [-0.2, 0) is 0 Å². The van der Waals surface area contributed by atoms with Crippen molar-refractivity contribution in [3.05, 3.63) is 0 Å². The van der Waals surface area contributed by atoms with E-state index < -0.39 is 0 Å². The van der Waals surface area contributed by atoms with Crippen LogP contribution in [0.1, 0.15) is 6.92 Å². The maximum Gasteiger partial charge on any atom is 0.216 e. The van der Waals surface area contributed by atoms with Crippen LogP contribution in [0.3, 0.4) is 0 Å². The van der Waals surface area contributed by atoms with Gasteiger partial charge in [-0.25, -0.2) is 5.10 Å². The number of hydrogen-bond acceptors (Lipinski definition) is 4. The van der Waals surface area contributed by atoms with E-state index in [4.69, 9.17) is 5.73 Å². The van der Waals surface area contributed by atoms with Crippen LogP contribution in [0.25, 0.3) is 0 Å². The number of nitrogens with one attached hydrogen (secondary N) is 1. The van der Waals surface area contributed by atoms with Gasteiger partial charge in [-0.1, -0.05) is 18.7 Å². The summed E-state index contributed by atoms with van der Waals surface area (Å²) in [6, 6.07) is 0. The second-order valence-electron chi connectivity index (χ2n) is 1.44. The molecule has 0 amide bonds. The lowest BCUT2D eigenvalue weighted by molar-refractivity contribution is 0.974. The van der Waals surface area contributed by atoms with Crippen LogP contribution in [0, 0.1) is 0 Å². The topological polar surface area (TPSA) is 67.6 Å². The molecule has 4 nitrogen and oxygen atoms in total.